The zero-order chi connectivity index (χ0) is 20.2. The molecule has 29 heavy (non-hydrogen) atoms. The van der Waals surface area contributed by atoms with Crippen LogP contribution in [0.2, 0.25) is 0 Å². The van der Waals surface area contributed by atoms with Crippen molar-refractivity contribution < 1.29 is 9.53 Å². The first-order valence-corrected chi connectivity index (χ1v) is 10.3. The van der Waals surface area contributed by atoms with Crippen molar-refractivity contribution in [3.05, 3.63) is 60.4 Å². The second-order valence-electron chi connectivity index (χ2n) is 7.49. The lowest BCUT2D eigenvalue weighted by molar-refractivity contribution is -0.136. The fourth-order valence-electron chi connectivity index (χ4n) is 3.91. The van der Waals surface area contributed by atoms with Gasteiger partial charge in [0, 0.05) is 32.7 Å². The number of piperazine rings is 1. The van der Waals surface area contributed by atoms with Crippen LogP contribution in [0.5, 0.6) is 5.75 Å². The number of hydrogen-bond donors (Lipinski definition) is 0. The largest absolute Gasteiger partial charge is 0.494 e. The Kier molecular flexibility index (Phi) is 5.81. The highest BCUT2D eigenvalue weighted by Crippen LogP contribution is 2.20. The van der Waals surface area contributed by atoms with E-state index in [1.54, 1.807) is 6.33 Å². The lowest BCUT2D eigenvalue weighted by atomic mass is 10.1. The molecule has 0 aliphatic carbocycles. The third-order valence-corrected chi connectivity index (χ3v) is 5.58. The number of imidazole rings is 1. The molecular formula is C23H28N4O2. The standard InChI is InChI=1S/C23H28N4O2/c1-3-29-20-10-8-19(9-11-20)16-25-12-14-26(15-13-25)23(28)18(2)27-17-24-21-6-4-5-7-22(21)27/h4-11,17-18H,3,12-16H2,1-2H3. The third kappa shape index (κ3) is 4.27. The van der Waals surface area contributed by atoms with Gasteiger partial charge >= 0.3 is 0 Å². The van der Waals surface area contributed by atoms with E-state index in [1.807, 2.05) is 59.7 Å². The first kappa shape index (κ1) is 19.5. The Hall–Kier alpha value is -2.86. The van der Waals surface area contributed by atoms with Crippen molar-refractivity contribution in [1.29, 1.82) is 0 Å². The van der Waals surface area contributed by atoms with Gasteiger partial charge in [-0.2, -0.15) is 0 Å². The van der Waals surface area contributed by atoms with Crippen molar-refractivity contribution in [3.63, 3.8) is 0 Å². The summed E-state index contributed by atoms with van der Waals surface area (Å²) >= 11 is 0. The van der Waals surface area contributed by atoms with Gasteiger partial charge in [-0.25, -0.2) is 4.98 Å². The maximum Gasteiger partial charge on any atom is 0.245 e. The molecule has 1 atom stereocenters. The number of ether oxygens (including phenoxy) is 1. The van der Waals surface area contributed by atoms with Crippen LogP contribution in [0.25, 0.3) is 11.0 Å². The molecule has 1 aliphatic rings. The summed E-state index contributed by atoms with van der Waals surface area (Å²) in [6, 6.07) is 16.0. The molecule has 1 fully saturated rings. The summed E-state index contributed by atoms with van der Waals surface area (Å²) < 4.78 is 7.48. The average molecular weight is 393 g/mol. The summed E-state index contributed by atoms with van der Waals surface area (Å²) in [5.41, 5.74) is 3.20. The van der Waals surface area contributed by atoms with Crippen LogP contribution < -0.4 is 4.74 Å². The average Bonchev–Trinajstić information content (AvgIpc) is 3.19. The number of amides is 1. The molecule has 1 aromatic heterocycles. The second-order valence-corrected chi connectivity index (χ2v) is 7.49. The van der Waals surface area contributed by atoms with Gasteiger partial charge in [-0.3, -0.25) is 9.69 Å². The van der Waals surface area contributed by atoms with E-state index in [4.69, 9.17) is 4.74 Å². The third-order valence-electron chi connectivity index (χ3n) is 5.58. The molecule has 4 rings (SSSR count). The van der Waals surface area contributed by atoms with Gasteiger partial charge in [-0.05, 0) is 43.7 Å². The predicted octanol–water partition coefficient (Wildman–Crippen LogP) is 3.34. The Balaban J connectivity index is 1.33. The maximum absolute atomic E-state index is 13.0. The zero-order valence-electron chi connectivity index (χ0n) is 17.1. The zero-order valence-corrected chi connectivity index (χ0v) is 17.1. The van der Waals surface area contributed by atoms with E-state index in [9.17, 15) is 4.79 Å². The number of carbonyl (C=O) groups excluding carboxylic acids is 1. The molecule has 2 heterocycles. The fraction of sp³-hybridized carbons (Fsp3) is 0.391. The smallest absolute Gasteiger partial charge is 0.245 e. The van der Waals surface area contributed by atoms with Gasteiger partial charge in [-0.1, -0.05) is 24.3 Å². The van der Waals surface area contributed by atoms with Crippen LogP contribution in [-0.4, -0.2) is 58.0 Å². The molecular weight excluding hydrogens is 364 g/mol. The summed E-state index contributed by atoms with van der Waals surface area (Å²) in [6.07, 6.45) is 1.77. The lowest BCUT2D eigenvalue weighted by Crippen LogP contribution is -2.49. The number of fused-ring (bicyclic) bond motifs is 1. The van der Waals surface area contributed by atoms with Crippen LogP contribution >= 0.6 is 0 Å². The number of hydrogen-bond acceptors (Lipinski definition) is 4. The topological polar surface area (TPSA) is 50.6 Å². The Morgan fingerprint density at radius 3 is 2.52 bits per heavy atom. The van der Waals surface area contributed by atoms with E-state index in [0.29, 0.717) is 6.61 Å². The van der Waals surface area contributed by atoms with E-state index < -0.39 is 0 Å². The molecule has 6 nitrogen and oxygen atoms in total. The molecule has 0 spiro atoms. The SMILES string of the molecule is CCOc1ccc(CN2CCN(C(=O)C(C)n3cnc4ccccc43)CC2)cc1. The van der Waals surface area contributed by atoms with Gasteiger partial charge in [0.1, 0.15) is 11.8 Å². The second kappa shape index (κ2) is 8.66. The highest BCUT2D eigenvalue weighted by molar-refractivity contribution is 5.83. The van der Waals surface area contributed by atoms with Gasteiger partial charge in [-0.15, -0.1) is 0 Å². The quantitative estimate of drug-likeness (QED) is 0.646. The molecule has 6 heteroatoms. The Morgan fingerprint density at radius 1 is 1.07 bits per heavy atom. The van der Waals surface area contributed by atoms with Crippen molar-refractivity contribution in [2.24, 2.45) is 0 Å². The van der Waals surface area contributed by atoms with Gasteiger partial charge < -0.3 is 14.2 Å². The first-order chi connectivity index (χ1) is 14.2. The van der Waals surface area contributed by atoms with E-state index >= 15 is 0 Å². The molecule has 0 N–H and O–H groups in total. The van der Waals surface area contributed by atoms with Gasteiger partial charge in [0.15, 0.2) is 0 Å². The normalized spacial score (nSPS) is 16.1. The minimum Gasteiger partial charge on any atom is -0.494 e. The summed E-state index contributed by atoms with van der Waals surface area (Å²) in [7, 11) is 0. The Bertz CT molecular complexity index is 958. The molecule has 1 aliphatic heterocycles. The summed E-state index contributed by atoms with van der Waals surface area (Å²) in [5, 5.41) is 0. The van der Waals surface area contributed by atoms with Crippen molar-refractivity contribution in [3.8, 4) is 5.75 Å². The monoisotopic (exact) mass is 392 g/mol. The minimum atomic E-state index is -0.250. The molecule has 0 saturated carbocycles. The van der Waals surface area contributed by atoms with Crippen LogP contribution in [0, 0.1) is 0 Å². The molecule has 152 valence electrons. The number of para-hydroxylation sites is 2. The predicted molar refractivity (Wildman–Crippen MR) is 114 cm³/mol. The number of rotatable bonds is 6. The number of benzene rings is 2. The van der Waals surface area contributed by atoms with E-state index in [0.717, 1.165) is 49.5 Å². The van der Waals surface area contributed by atoms with Crippen LogP contribution in [0.4, 0.5) is 0 Å². The molecule has 1 unspecified atom stereocenters. The number of aromatic nitrogens is 2. The van der Waals surface area contributed by atoms with Gasteiger partial charge in [0.05, 0.1) is 24.0 Å². The first-order valence-electron chi connectivity index (χ1n) is 10.3. The van der Waals surface area contributed by atoms with Crippen LogP contribution in [0.15, 0.2) is 54.9 Å². The van der Waals surface area contributed by atoms with Crippen molar-refractivity contribution in [1.82, 2.24) is 19.4 Å². The maximum atomic E-state index is 13.0. The van der Waals surface area contributed by atoms with E-state index in [-0.39, 0.29) is 11.9 Å². The highest BCUT2D eigenvalue weighted by Gasteiger charge is 2.26. The number of carbonyl (C=O) groups is 1. The van der Waals surface area contributed by atoms with Gasteiger partial charge in [0.2, 0.25) is 5.91 Å². The lowest BCUT2D eigenvalue weighted by Gasteiger charge is -2.36. The Morgan fingerprint density at radius 2 is 1.79 bits per heavy atom. The van der Waals surface area contributed by atoms with Crippen molar-refractivity contribution in [2.45, 2.75) is 26.4 Å². The molecule has 2 aromatic carbocycles. The molecule has 0 bridgehead atoms. The van der Waals surface area contributed by atoms with Crippen LogP contribution in [-0.2, 0) is 11.3 Å². The van der Waals surface area contributed by atoms with Crippen LogP contribution in [0.3, 0.4) is 0 Å². The molecule has 0 radical (unpaired) electrons. The van der Waals surface area contributed by atoms with E-state index in [1.165, 1.54) is 5.56 Å². The summed E-state index contributed by atoms with van der Waals surface area (Å²) in [4.78, 5) is 21.8. The molecule has 1 amide bonds. The van der Waals surface area contributed by atoms with Crippen molar-refractivity contribution in [2.75, 3.05) is 32.8 Å². The summed E-state index contributed by atoms with van der Waals surface area (Å²) in [5.74, 6) is 1.07. The fourth-order valence-corrected chi connectivity index (χ4v) is 3.91. The molecule has 3 aromatic rings. The van der Waals surface area contributed by atoms with Gasteiger partial charge in [0.25, 0.3) is 0 Å². The summed E-state index contributed by atoms with van der Waals surface area (Å²) in [6.45, 7) is 8.82. The highest BCUT2D eigenvalue weighted by atomic mass is 16.5. The molecule has 1 saturated heterocycles. The minimum absolute atomic E-state index is 0.161. The number of nitrogens with zero attached hydrogens (tertiary/aromatic N) is 4. The Labute approximate surface area is 171 Å². The van der Waals surface area contributed by atoms with Crippen LogP contribution in [0.1, 0.15) is 25.5 Å². The van der Waals surface area contributed by atoms with Crippen molar-refractivity contribution >= 4 is 16.9 Å². The van der Waals surface area contributed by atoms with E-state index in [2.05, 4.69) is 22.0 Å².